The van der Waals surface area contributed by atoms with Gasteiger partial charge in [-0.25, -0.2) is 0 Å². The van der Waals surface area contributed by atoms with Crippen molar-refractivity contribution in [1.29, 1.82) is 0 Å². The zero-order chi connectivity index (χ0) is 11.4. The summed E-state index contributed by atoms with van der Waals surface area (Å²) < 4.78 is 0. The standard InChI is InChI=1S/C13H20N2O/c1-10-2-3-12(9-15-10)8-14-7-11-4-5-13(16)6-11/h2-3,9,11,13-14,16H,4-8H2,1H3. The maximum atomic E-state index is 9.41. The molecule has 1 fully saturated rings. The normalized spacial score (nSPS) is 24.9. The van der Waals surface area contributed by atoms with E-state index in [2.05, 4.69) is 16.4 Å². The van der Waals surface area contributed by atoms with Gasteiger partial charge in [0.2, 0.25) is 0 Å². The zero-order valence-corrected chi connectivity index (χ0v) is 9.82. The second-order valence-electron chi connectivity index (χ2n) is 4.77. The highest BCUT2D eigenvalue weighted by atomic mass is 16.3. The minimum Gasteiger partial charge on any atom is -0.393 e. The molecule has 0 bridgehead atoms. The monoisotopic (exact) mass is 220 g/mol. The molecular weight excluding hydrogens is 200 g/mol. The minimum atomic E-state index is -0.0622. The first kappa shape index (κ1) is 11.6. The Morgan fingerprint density at radius 3 is 2.94 bits per heavy atom. The number of aliphatic hydroxyl groups excluding tert-OH is 1. The van der Waals surface area contributed by atoms with Gasteiger partial charge in [0, 0.05) is 18.4 Å². The van der Waals surface area contributed by atoms with E-state index in [1.165, 1.54) is 5.56 Å². The lowest BCUT2D eigenvalue weighted by Crippen LogP contribution is -2.21. The van der Waals surface area contributed by atoms with Crippen molar-refractivity contribution in [2.24, 2.45) is 5.92 Å². The summed E-state index contributed by atoms with van der Waals surface area (Å²) in [6.07, 6.45) is 4.94. The fourth-order valence-corrected chi connectivity index (χ4v) is 2.26. The summed E-state index contributed by atoms with van der Waals surface area (Å²) in [4.78, 5) is 4.26. The fourth-order valence-electron chi connectivity index (χ4n) is 2.26. The molecule has 1 saturated carbocycles. The Balaban J connectivity index is 1.70. The smallest absolute Gasteiger partial charge is 0.0543 e. The van der Waals surface area contributed by atoms with Crippen molar-refractivity contribution in [2.75, 3.05) is 6.54 Å². The predicted octanol–water partition coefficient (Wildman–Crippen LogP) is 1.64. The van der Waals surface area contributed by atoms with Gasteiger partial charge in [-0.05, 0) is 50.3 Å². The SMILES string of the molecule is Cc1ccc(CNCC2CCC(O)C2)cn1. The van der Waals surface area contributed by atoms with E-state index < -0.39 is 0 Å². The first-order valence-electron chi connectivity index (χ1n) is 6.04. The van der Waals surface area contributed by atoms with Crippen LogP contribution in [-0.2, 0) is 6.54 Å². The van der Waals surface area contributed by atoms with Crippen LogP contribution in [0.5, 0.6) is 0 Å². The van der Waals surface area contributed by atoms with Crippen LogP contribution in [-0.4, -0.2) is 22.7 Å². The van der Waals surface area contributed by atoms with Crippen LogP contribution in [0, 0.1) is 12.8 Å². The topological polar surface area (TPSA) is 45.1 Å². The number of nitrogens with one attached hydrogen (secondary N) is 1. The number of nitrogens with zero attached hydrogens (tertiary/aromatic N) is 1. The molecule has 0 saturated heterocycles. The average Bonchev–Trinajstić information content (AvgIpc) is 2.67. The van der Waals surface area contributed by atoms with Gasteiger partial charge in [0.25, 0.3) is 0 Å². The summed E-state index contributed by atoms with van der Waals surface area (Å²) >= 11 is 0. The van der Waals surface area contributed by atoms with E-state index >= 15 is 0 Å². The van der Waals surface area contributed by atoms with Crippen molar-refractivity contribution in [3.8, 4) is 0 Å². The van der Waals surface area contributed by atoms with Crippen molar-refractivity contribution < 1.29 is 5.11 Å². The van der Waals surface area contributed by atoms with Gasteiger partial charge < -0.3 is 10.4 Å². The highest BCUT2D eigenvalue weighted by Gasteiger charge is 2.21. The summed E-state index contributed by atoms with van der Waals surface area (Å²) in [6, 6.07) is 4.15. The van der Waals surface area contributed by atoms with Gasteiger partial charge >= 0.3 is 0 Å². The third-order valence-electron chi connectivity index (χ3n) is 3.25. The molecule has 0 aromatic carbocycles. The lowest BCUT2D eigenvalue weighted by Gasteiger charge is -2.10. The summed E-state index contributed by atoms with van der Waals surface area (Å²) in [5.74, 6) is 0.647. The Morgan fingerprint density at radius 2 is 2.31 bits per heavy atom. The van der Waals surface area contributed by atoms with E-state index in [0.717, 1.165) is 38.0 Å². The maximum absolute atomic E-state index is 9.41. The molecule has 1 aromatic heterocycles. The molecule has 16 heavy (non-hydrogen) atoms. The first-order chi connectivity index (χ1) is 7.74. The first-order valence-corrected chi connectivity index (χ1v) is 6.04. The molecule has 1 aromatic rings. The molecule has 0 radical (unpaired) electrons. The maximum Gasteiger partial charge on any atom is 0.0543 e. The van der Waals surface area contributed by atoms with Crippen LogP contribution in [0.15, 0.2) is 18.3 Å². The summed E-state index contributed by atoms with van der Waals surface area (Å²) in [7, 11) is 0. The Labute approximate surface area is 96.9 Å². The van der Waals surface area contributed by atoms with Gasteiger partial charge in [-0.1, -0.05) is 6.07 Å². The van der Waals surface area contributed by atoms with Gasteiger partial charge in [-0.15, -0.1) is 0 Å². The Hall–Kier alpha value is -0.930. The molecule has 1 aliphatic carbocycles. The fraction of sp³-hybridized carbons (Fsp3) is 0.615. The summed E-state index contributed by atoms with van der Waals surface area (Å²) in [5.41, 5.74) is 2.28. The van der Waals surface area contributed by atoms with Crippen molar-refractivity contribution in [1.82, 2.24) is 10.3 Å². The van der Waals surface area contributed by atoms with Crippen LogP contribution in [0.2, 0.25) is 0 Å². The van der Waals surface area contributed by atoms with Crippen LogP contribution in [0.3, 0.4) is 0 Å². The van der Waals surface area contributed by atoms with Crippen LogP contribution >= 0.6 is 0 Å². The van der Waals surface area contributed by atoms with Gasteiger partial charge in [0.05, 0.1) is 6.10 Å². The van der Waals surface area contributed by atoms with Crippen LogP contribution < -0.4 is 5.32 Å². The summed E-state index contributed by atoms with van der Waals surface area (Å²) in [5, 5.41) is 12.8. The molecule has 2 unspecified atom stereocenters. The van der Waals surface area contributed by atoms with Gasteiger partial charge in [-0.2, -0.15) is 0 Å². The second-order valence-corrected chi connectivity index (χ2v) is 4.77. The van der Waals surface area contributed by atoms with E-state index in [1.54, 1.807) is 0 Å². The number of aromatic nitrogens is 1. The lowest BCUT2D eigenvalue weighted by molar-refractivity contribution is 0.177. The number of rotatable bonds is 4. The number of hydrogen-bond acceptors (Lipinski definition) is 3. The molecule has 3 nitrogen and oxygen atoms in total. The van der Waals surface area contributed by atoms with Crippen LogP contribution in [0.1, 0.15) is 30.5 Å². The molecule has 0 aliphatic heterocycles. The van der Waals surface area contributed by atoms with Crippen molar-refractivity contribution in [3.05, 3.63) is 29.6 Å². The van der Waals surface area contributed by atoms with E-state index in [4.69, 9.17) is 0 Å². The Bertz CT molecular complexity index is 323. The molecule has 2 rings (SSSR count). The Kier molecular flexibility index (Phi) is 3.91. The van der Waals surface area contributed by atoms with Crippen molar-refractivity contribution >= 4 is 0 Å². The molecule has 2 N–H and O–H groups in total. The van der Waals surface area contributed by atoms with Gasteiger partial charge in [-0.3, -0.25) is 4.98 Å². The number of pyridine rings is 1. The van der Waals surface area contributed by atoms with Crippen LogP contribution in [0.25, 0.3) is 0 Å². The zero-order valence-electron chi connectivity index (χ0n) is 9.82. The molecular formula is C13H20N2O. The van der Waals surface area contributed by atoms with Crippen molar-refractivity contribution in [3.63, 3.8) is 0 Å². The van der Waals surface area contributed by atoms with E-state index in [9.17, 15) is 5.11 Å². The molecule has 0 spiro atoms. The predicted molar refractivity (Wildman–Crippen MR) is 64.0 cm³/mol. The van der Waals surface area contributed by atoms with E-state index in [1.807, 2.05) is 19.2 Å². The van der Waals surface area contributed by atoms with Gasteiger partial charge in [0.15, 0.2) is 0 Å². The Morgan fingerprint density at radius 1 is 1.44 bits per heavy atom. The molecule has 1 heterocycles. The van der Waals surface area contributed by atoms with Gasteiger partial charge in [0.1, 0.15) is 0 Å². The number of aliphatic hydroxyl groups is 1. The molecule has 0 amide bonds. The molecule has 2 atom stereocenters. The largest absolute Gasteiger partial charge is 0.393 e. The number of hydrogen-bond donors (Lipinski definition) is 2. The minimum absolute atomic E-state index is 0.0622. The third-order valence-corrected chi connectivity index (χ3v) is 3.25. The lowest BCUT2D eigenvalue weighted by atomic mass is 10.1. The number of aryl methyl sites for hydroxylation is 1. The highest BCUT2D eigenvalue weighted by Crippen LogP contribution is 2.24. The average molecular weight is 220 g/mol. The third kappa shape index (κ3) is 3.29. The molecule has 88 valence electrons. The second kappa shape index (κ2) is 5.41. The summed E-state index contributed by atoms with van der Waals surface area (Å²) in [6.45, 7) is 3.88. The quantitative estimate of drug-likeness (QED) is 0.811. The molecule has 1 aliphatic rings. The van der Waals surface area contributed by atoms with Crippen molar-refractivity contribution in [2.45, 2.75) is 38.8 Å². The van der Waals surface area contributed by atoms with E-state index in [0.29, 0.717) is 5.92 Å². The van der Waals surface area contributed by atoms with Crippen LogP contribution in [0.4, 0.5) is 0 Å². The highest BCUT2D eigenvalue weighted by molar-refractivity contribution is 5.12. The molecule has 3 heteroatoms. The van der Waals surface area contributed by atoms with E-state index in [-0.39, 0.29) is 6.10 Å².